The van der Waals surface area contributed by atoms with Crippen molar-refractivity contribution in [2.45, 2.75) is 71.4 Å². The second kappa shape index (κ2) is 11.2. The molecule has 35 heavy (non-hydrogen) atoms. The van der Waals surface area contributed by atoms with E-state index in [4.69, 9.17) is 9.47 Å². The van der Waals surface area contributed by atoms with E-state index in [0.717, 1.165) is 30.5 Å². The molecule has 0 bridgehead atoms. The number of nitrogens with one attached hydrogen (secondary N) is 1. The second-order valence-electron chi connectivity index (χ2n) is 9.66. The minimum absolute atomic E-state index is 0.0115. The number of aryl methyl sites for hydroxylation is 1. The van der Waals surface area contributed by atoms with Crippen LogP contribution in [0.15, 0.2) is 24.3 Å². The smallest absolute Gasteiger partial charge is 0.344 e. The quantitative estimate of drug-likeness (QED) is 0.565. The molecule has 1 aliphatic rings. The first-order valence-corrected chi connectivity index (χ1v) is 11.8. The maximum atomic E-state index is 12.6. The molecule has 1 fully saturated rings. The fraction of sp³-hybridized carbons (Fsp3) is 0.500. The van der Waals surface area contributed by atoms with Gasteiger partial charge in [-0.15, -0.1) is 0 Å². The molecule has 9 nitrogen and oxygen atoms in total. The van der Waals surface area contributed by atoms with Gasteiger partial charge in [0.2, 0.25) is 5.95 Å². The second-order valence-corrected chi connectivity index (χ2v) is 9.66. The Labute approximate surface area is 206 Å². The first-order valence-electron chi connectivity index (χ1n) is 11.8. The number of hydrogen-bond donors (Lipinski definition) is 1. The van der Waals surface area contributed by atoms with Gasteiger partial charge in [0.15, 0.2) is 11.5 Å². The van der Waals surface area contributed by atoms with Crippen LogP contribution >= 0.6 is 0 Å². The maximum absolute atomic E-state index is 12.6. The molecule has 1 N–H and O–H groups in total. The molecule has 1 atom stereocenters. The molecule has 1 saturated heterocycles. The Morgan fingerprint density at radius 2 is 2.03 bits per heavy atom. The molecule has 0 saturated carbocycles. The van der Waals surface area contributed by atoms with E-state index in [1.807, 2.05) is 62.9 Å². The summed E-state index contributed by atoms with van der Waals surface area (Å²) in [5, 5.41) is 13.0. The summed E-state index contributed by atoms with van der Waals surface area (Å²) in [6.45, 7) is 8.19. The van der Waals surface area contributed by atoms with Crippen LogP contribution in [0.5, 0.6) is 0 Å². The zero-order chi connectivity index (χ0) is 25.6. The van der Waals surface area contributed by atoms with Gasteiger partial charge in [0.05, 0.1) is 7.11 Å². The molecule has 0 aliphatic carbocycles. The summed E-state index contributed by atoms with van der Waals surface area (Å²) in [5.74, 6) is -0.383. The number of ether oxygens (including phenoxy) is 2. The van der Waals surface area contributed by atoms with Gasteiger partial charge in [-0.2, -0.15) is 10.2 Å². The van der Waals surface area contributed by atoms with Gasteiger partial charge in [-0.05, 0) is 71.1 Å². The Balaban J connectivity index is 1.95. The number of nitriles is 1. The van der Waals surface area contributed by atoms with Gasteiger partial charge in [0.25, 0.3) is 0 Å². The molecular weight excluding hydrogens is 446 g/mol. The van der Waals surface area contributed by atoms with Crippen LogP contribution in [0.25, 0.3) is 0 Å². The lowest BCUT2D eigenvalue weighted by Crippen LogP contribution is -2.41. The monoisotopic (exact) mass is 479 g/mol. The van der Waals surface area contributed by atoms with Crippen LogP contribution < -0.4 is 10.2 Å². The van der Waals surface area contributed by atoms with Crippen molar-refractivity contribution in [2.75, 3.05) is 23.9 Å². The van der Waals surface area contributed by atoms with E-state index >= 15 is 0 Å². The number of carbonyl (C=O) groups is 2. The molecule has 1 aliphatic heterocycles. The molecule has 1 unspecified atom stereocenters. The molecular formula is C26H33N5O4. The lowest BCUT2D eigenvalue weighted by Gasteiger charge is -2.36. The highest BCUT2D eigenvalue weighted by Gasteiger charge is 2.30. The number of piperidine rings is 1. The third-order valence-corrected chi connectivity index (χ3v) is 5.66. The van der Waals surface area contributed by atoms with E-state index in [0.29, 0.717) is 18.9 Å². The van der Waals surface area contributed by atoms with Crippen LogP contribution in [0, 0.1) is 18.3 Å². The SMILES string of the molecule is COC(=O)c1c(C#N)nc(N2CCCCC2CCC(=O)OC(C)(C)C)nc1Nc1cccc(C)c1. The fourth-order valence-electron chi connectivity index (χ4n) is 4.14. The first kappa shape index (κ1) is 25.9. The van der Waals surface area contributed by atoms with Gasteiger partial charge in [0, 0.05) is 24.7 Å². The van der Waals surface area contributed by atoms with E-state index in [1.165, 1.54) is 7.11 Å². The summed E-state index contributed by atoms with van der Waals surface area (Å²) in [5.41, 5.74) is 1.15. The van der Waals surface area contributed by atoms with Crippen LogP contribution in [-0.2, 0) is 14.3 Å². The highest BCUT2D eigenvalue weighted by molar-refractivity contribution is 5.97. The lowest BCUT2D eigenvalue weighted by molar-refractivity contribution is -0.155. The largest absolute Gasteiger partial charge is 0.465 e. The van der Waals surface area contributed by atoms with Gasteiger partial charge >= 0.3 is 11.9 Å². The molecule has 186 valence electrons. The number of hydrogen-bond acceptors (Lipinski definition) is 9. The minimum atomic E-state index is -0.691. The molecule has 2 aromatic rings. The van der Waals surface area contributed by atoms with Crippen molar-refractivity contribution < 1.29 is 19.1 Å². The van der Waals surface area contributed by atoms with Crippen molar-refractivity contribution in [3.63, 3.8) is 0 Å². The predicted octanol–water partition coefficient (Wildman–Crippen LogP) is 4.67. The molecule has 3 rings (SSSR count). The summed E-state index contributed by atoms with van der Waals surface area (Å²) >= 11 is 0. The standard InChI is InChI=1S/C26H33N5O4/c1-17-9-8-10-18(15-17)28-23-22(24(33)34-5)20(16-27)29-25(30-23)31-14-7-6-11-19(31)12-13-21(32)35-26(2,3)4/h8-10,15,19H,6-7,11-14H2,1-5H3,(H,28,29,30). The molecule has 0 spiro atoms. The van der Waals surface area contributed by atoms with Crippen molar-refractivity contribution in [3.05, 3.63) is 41.1 Å². The topological polar surface area (TPSA) is 117 Å². The van der Waals surface area contributed by atoms with Gasteiger partial charge in [-0.25, -0.2) is 9.78 Å². The van der Waals surface area contributed by atoms with Gasteiger partial charge in [-0.3, -0.25) is 4.79 Å². The first-order chi connectivity index (χ1) is 16.6. The normalized spacial score (nSPS) is 15.8. The summed E-state index contributed by atoms with van der Waals surface area (Å²) < 4.78 is 10.4. The Bertz CT molecular complexity index is 1120. The third-order valence-electron chi connectivity index (χ3n) is 5.66. The zero-order valence-corrected chi connectivity index (χ0v) is 21.1. The van der Waals surface area contributed by atoms with Crippen LogP contribution in [0.1, 0.15) is 74.5 Å². The highest BCUT2D eigenvalue weighted by atomic mass is 16.6. The fourth-order valence-corrected chi connectivity index (χ4v) is 4.14. The molecule has 1 aromatic carbocycles. The summed E-state index contributed by atoms with van der Waals surface area (Å²) in [6, 6.07) is 9.66. The minimum Gasteiger partial charge on any atom is -0.465 e. The van der Waals surface area contributed by atoms with E-state index in [1.54, 1.807) is 0 Å². The van der Waals surface area contributed by atoms with Crippen molar-refractivity contribution in [1.29, 1.82) is 5.26 Å². The molecule has 0 amide bonds. The average Bonchev–Trinajstić information content (AvgIpc) is 2.81. The number of benzene rings is 1. The summed E-state index contributed by atoms with van der Waals surface area (Å²) in [7, 11) is 1.26. The number of carbonyl (C=O) groups excluding carboxylic acids is 2. The zero-order valence-electron chi connectivity index (χ0n) is 21.1. The van der Waals surface area contributed by atoms with E-state index in [9.17, 15) is 14.9 Å². The van der Waals surface area contributed by atoms with Crippen LogP contribution in [0.3, 0.4) is 0 Å². The van der Waals surface area contributed by atoms with Crippen LogP contribution in [0.4, 0.5) is 17.5 Å². The van der Waals surface area contributed by atoms with Gasteiger partial charge < -0.3 is 19.7 Å². The highest BCUT2D eigenvalue weighted by Crippen LogP contribution is 2.30. The van der Waals surface area contributed by atoms with E-state index < -0.39 is 11.6 Å². The number of nitrogens with zero attached hydrogens (tertiary/aromatic N) is 4. The lowest BCUT2D eigenvalue weighted by atomic mass is 9.98. The van der Waals surface area contributed by atoms with Gasteiger partial charge in [0.1, 0.15) is 17.2 Å². The Morgan fingerprint density at radius 1 is 1.26 bits per heavy atom. The number of anilines is 3. The summed E-state index contributed by atoms with van der Waals surface area (Å²) in [4.78, 5) is 36.0. The predicted molar refractivity (Wildman–Crippen MR) is 133 cm³/mol. The number of methoxy groups -OCH3 is 1. The van der Waals surface area contributed by atoms with Crippen molar-refractivity contribution in [3.8, 4) is 6.07 Å². The van der Waals surface area contributed by atoms with Crippen LogP contribution in [-0.4, -0.2) is 47.2 Å². The van der Waals surface area contributed by atoms with Crippen molar-refractivity contribution in [1.82, 2.24) is 9.97 Å². The van der Waals surface area contributed by atoms with E-state index in [2.05, 4.69) is 15.3 Å². The number of esters is 2. The van der Waals surface area contributed by atoms with Crippen molar-refractivity contribution in [2.24, 2.45) is 0 Å². The van der Waals surface area contributed by atoms with Crippen LogP contribution in [0.2, 0.25) is 0 Å². The third kappa shape index (κ3) is 6.92. The van der Waals surface area contributed by atoms with Gasteiger partial charge in [-0.1, -0.05) is 12.1 Å². The Hall–Kier alpha value is -3.67. The molecule has 1 aromatic heterocycles. The molecule has 9 heteroatoms. The Morgan fingerprint density at radius 3 is 2.69 bits per heavy atom. The number of aromatic nitrogens is 2. The number of rotatable bonds is 7. The summed E-state index contributed by atoms with van der Waals surface area (Å²) in [6.07, 6.45) is 3.69. The molecule has 2 heterocycles. The molecule has 0 radical (unpaired) electrons. The maximum Gasteiger partial charge on any atom is 0.344 e. The average molecular weight is 480 g/mol. The Kier molecular flexibility index (Phi) is 8.28. The van der Waals surface area contributed by atoms with E-state index in [-0.39, 0.29) is 35.5 Å². The van der Waals surface area contributed by atoms with Crippen molar-refractivity contribution >= 4 is 29.4 Å².